The number of H-pyrrole nitrogens is 1. The second-order valence-corrected chi connectivity index (χ2v) is 8.12. The van der Waals surface area contributed by atoms with Crippen molar-refractivity contribution in [2.45, 2.75) is 11.6 Å². The van der Waals surface area contributed by atoms with Gasteiger partial charge in [0.05, 0.1) is 23.8 Å². The number of aromatic amines is 1. The molecule has 2 aromatic heterocycles. The lowest BCUT2D eigenvalue weighted by atomic mass is 10.2. The quantitative estimate of drug-likeness (QED) is 0.410. The first-order valence-electron chi connectivity index (χ1n) is 10.3. The number of fused-ring (bicyclic) bond motifs is 2. The van der Waals surface area contributed by atoms with E-state index in [9.17, 15) is 4.79 Å². The highest BCUT2D eigenvalue weighted by Crippen LogP contribution is 2.35. The molecule has 0 unspecified atom stereocenters. The van der Waals surface area contributed by atoms with Gasteiger partial charge in [-0.2, -0.15) is 5.26 Å². The van der Waals surface area contributed by atoms with E-state index in [0.717, 1.165) is 28.2 Å². The van der Waals surface area contributed by atoms with Crippen LogP contribution < -0.4 is 14.4 Å². The maximum atomic E-state index is 13.0. The van der Waals surface area contributed by atoms with E-state index in [4.69, 9.17) is 19.2 Å². The molecule has 1 N–H and O–H groups in total. The Morgan fingerprint density at radius 1 is 1.15 bits per heavy atom. The van der Waals surface area contributed by atoms with Crippen molar-refractivity contribution < 1.29 is 18.7 Å². The number of nitrogens with zero attached hydrogens (tertiary/aromatic N) is 4. The Bertz CT molecular complexity index is 1340. The summed E-state index contributed by atoms with van der Waals surface area (Å²) in [5.74, 6) is 1.51. The van der Waals surface area contributed by atoms with E-state index < -0.39 is 0 Å². The van der Waals surface area contributed by atoms with Crippen LogP contribution in [0, 0.1) is 11.3 Å². The smallest absolute Gasteiger partial charge is 0.277 e. The molecule has 166 valence electrons. The average Bonchev–Trinajstić information content (AvgIpc) is 3.50. The molecule has 1 amide bonds. The van der Waals surface area contributed by atoms with Crippen molar-refractivity contribution in [2.75, 3.05) is 30.4 Å². The molecule has 2 aromatic carbocycles. The highest BCUT2D eigenvalue weighted by molar-refractivity contribution is 7.99. The number of para-hydroxylation sites is 1. The van der Waals surface area contributed by atoms with Gasteiger partial charge in [0.1, 0.15) is 13.2 Å². The van der Waals surface area contributed by atoms with Crippen molar-refractivity contribution in [1.29, 1.82) is 5.26 Å². The number of amides is 1. The van der Waals surface area contributed by atoms with Crippen LogP contribution in [-0.4, -0.2) is 46.6 Å². The summed E-state index contributed by atoms with van der Waals surface area (Å²) < 4.78 is 17.0. The molecular formula is C23H19N5O4S. The van der Waals surface area contributed by atoms with Crippen LogP contribution in [0.5, 0.6) is 11.5 Å². The first-order chi connectivity index (χ1) is 16.2. The zero-order chi connectivity index (χ0) is 22.6. The Labute approximate surface area is 193 Å². The maximum absolute atomic E-state index is 13.0. The van der Waals surface area contributed by atoms with E-state index >= 15 is 0 Å². The first-order valence-corrected chi connectivity index (χ1v) is 11.3. The van der Waals surface area contributed by atoms with E-state index in [0.29, 0.717) is 41.5 Å². The molecule has 1 aliphatic rings. The summed E-state index contributed by atoms with van der Waals surface area (Å²) in [5, 5.41) is 18.5. The maximum Gasteiger partial charge on any atom is 0.277 e. The van der Waals surface area contributed by atoms with Crippen molar-refractivity contribution in [3.8, 4) is 29.0 Å². The molecule has 0 spiro atoms. The van der Waals surface area contributed by atoms with E-state index in [1.54, 1.807) is 23.1 Å². The van der Waals surface area contributed by atoms with Gasteiger partial charge in [0, 0.05) is 35.4 Å². The zero-order valence-corrected chi connectivity index (χ0v) is 18.3. The van der Waals surface area contributed by atoms with Crippen molar-refractivity contribution in [2.24, 2.45) is 0 Å². The number of nitriles is 1. The second-order valence-electron chi connectivity index (χ2n) is 7.19. The summed E-state index contributed by atoms with van der Waals surface area (Å²) in [6.45, 7) is 1.21. The molecule has 0 aliphatic carbocycles. The molecule has 3 heterocycles. The summed E-state index contributed by atoms with van der Waals surface area (Å²) in [6, 6.07) is 15.2. The van der Waals surface area contributed by atoms with Crippen LogP contribution in [-0.2, 0) is 4.79 Å². The van der Waals surface area contributed by atoms with E-state index in [1.165, 1.54) is 0 Å². The lowest BCUT2D eigenvalue weighted by molar-refractivity contribution is -0.116. The third kappa shape index (κ3) is 4.36. The molecule has 0 bridgehead atoms. The average molecular weight is 462 g/mol. The Hall–Kier alpha value is -3.97. The number of benzene rings is 2. The predicted molar refractivity (Wildman–Crippen MR) is 122 cm³/mol. The van der Waals surface area contributed by atoms with E-state index in [1.807, 2.05) is 30.5 Å². The number of thioether (sulfide) groups is 1. The van der Waals surface area contributed by atoms with Crippen molar-refractivity contribution >= 4 is 34.3 Å². The normalized spacial score (nSPS) is 12.5. The number of carbonyl (C=O) groups is 1. The monoisotopic (exact) mass is 461 g/mol. The molecule has 0 fully saturated rings. The van der Waals surface area contributed by atoms with Crippen LogP contribution in [0.2, 0.25) is 0 Å². The predicted octanol–water partition coefficient (Wildman–Crippen LogP) is 4.03. The lowest BCUT2D eigenvalue weighted by Gasteiger charge is -2.24. The molecule has 0 saturated heterocycles. The van der Waals surface area contributed by atoms with Gasteiger partial charge < -0.3 is 23.8 Å². The van der Waals surface area contributed by atoms with Crippen LogP contribution in [0.3, 0.4) is 0 Å². The van der Waals surface area contributed by atoms with Gasteiger partial charge in [0.2, 0.25) is 5.91 Å². The molecule has 0 atom stereocenters. The third-order valence-electron chi connectivity index (χ3n) is 5.13. The van der Waals surface area contributed by atoms with Gasteiger partial charge in [-0.05, 0) is 18.2 Å². The van der Waals surface area contributed by atoms with Crippen LogP contribution in [0.15, 0.2) is 58.3 Å². The summed E-state index contributed by atoms with van der Waals surface area (Å²) in [6.07, 6.45) is 2.03. The van der Waals surface area contributed by atoms with Gasteiger partial charge in [-0.3, -0.25) is 4.79 Å². The van der Waals surface area contributed by atoms with Gasteiger partial charge in [-0.1, -0.05) is 30.0 Å². The van der Waals surface area contributed by atoms with Gasteiger partial charge in [0.15, 0.2) is 11.5 Å². The summed E-state index contributed by atoms with van der Waals surface area (Å²) in [4.78, 5) is 17.8. The fraction of sp³-hybridized carbons (Fsp3) is 0.217. The van der Waals surface area contributed by atoms with Gasteiger partial charge in [-0.25, -0.2) is 0 Å². The standard InChI is InChI=1S/C23H19N5O4S/c24-8-3-9-28(15-6-7-19-20(12-15)31-11-10-30-19)21(29)14-33-23-27-26-22(32-23)17-13-25-18-5-2-1-4-16(17)18/h1-2,4-7,12-13,25H,3,9-11,14H2. The van der Waals surface area contributed by atoms with Crippen LogP contribution in [0.4, 0.5) is 5.69 Å². The van der Waals surface area contributed by atoms with E-state index in [2.05, 4.69) is 21.3 Å². The fourth-order valence-corrected chi connectivity index (χ4v) is 4.23. The van der Waals surface area contributed by atoms with Crippen LogP contribution in [0.1, 0.15) is 6.42 Å². The topological polar surface area (TPSA) is 117 Å². The molecule has 9 nitrogen and oxygen atoms in total. The number of hydrogen-bond donors (Lipinski definition) is 1. The van der Waals surface area contributed by atoms with Crippen molar-refractivity contribution in [3.63, 3.8) is 0 Å². The Kier molecular flexibility index (Phi) is 5.87. The minimum absolute atomic E-state index is 0.0788. The number of aromatic nitrogens is 3. The Balaban J connectivity index is 1.30. The Morgan fingerprint density at radius 3 is 2.88 bits per heavy atom. The van der Waals surface area contributed by atoms with Crippen LogP contribution in [0.25, 0.3) is 22.4 Å². The SMILES string of the molecule is N#CCCN(C(=O)CSc1nnc(-c2c[nH]c3ccccc23)o1)c1ccc2c(c1)OCCO2. The summed E-state index contributed by atoms with van der Waals surface area (Å²) in [5.41, 5.74) is 2.43. The minimum Gasteiger partial charge on any atom is -0.486 e. The summed E-state index contributed by atoms with van der Waals surface area (Å²) >= 11 is 1.16. The lowest BCUT2D eigenvalue weighted by Crippen LogP contribution is -2.33. The Morgan fingerprint density at radius 2 is 2.00 bits per heavy atom. The second kappa shape index (κ2) is 9.26. The number of carbonyl (C=O) groups excluding carboxylic acids is 1. The minimum atomic E-state index is -0.182. The fourth-order valence-electron chi connectivity index (χ4n) is 3.59. The molecule has 5 rings (SSSR count). The summed E-state index contributed by atoms with van der Waals surface area (Å²) in [7, 11) is 0. The number of ether oxygens (including phenoxy) is 2. The number of nitrogens with one attached hydrogen (secondary N) is 1. The molecule has 33 heavy (non-hydrogen) atoms. The highest BCUT2D eigenvalue weighted by Gasteiger charge is 2.21. The molecule has 0 saturated carbocycles. The van der Waals surface area contributed by atoms with Crippen molar-refractivity contribution in [3.05, 3.63) is 48.7 Å². The molecule has 10 heteroatoms. The first kappa shape index (κ1) is 20.9. The number of anilines is 1. The van der Waals surface area contributed by atoms with E-state index in [-0.39, 0.29) is 24.6 Å². The van der Waals surface area contributed by atoms with Gasteiger partial charge >= 0.3 is 0 Å². The highest BCUT2D eigenvalue weighted by atomic mass is 32.2. The molecule has 0 radical (unpaired) electrons. The third-order valence-corrected chi connectivity index (χ3v) is 5.93. The van der Waals surface area contributed by atoms with Gasteiger partial charge in [-0.15, -0.1) is 10.2 Å². The number of rotatable bonds is 7. The van der Waals surface area contributed by atoms with Gasteiger partial charge in [0.25, 0.3) is 11.1 Å². The zero-order valence-electron chi connectivity index (χ0n) is 17.5. The van der Waals surface area contributed by atoms with Crippen LogP contribution >= 0.6 is 11.8 Å². The van der Waals surface area contributed by atoms with Crippen molar-refractivity contribution in [1.82, 2.24) is 15.2 Å². The molecule has 1 aliphatic heterocycles. The largest absolute Gasteiger partial charge is 0.486 e. The molecule has 4 aromatic rings. The number of hydrogen-bond acceptors (Lipinski definition) is 8. The molecular weight excluding hydrogens is 442 g/mol.